The van der Waals surface area contributed by atoms with Crippen molar-refractivity contribution in [1.82, 2.24) is 9.88 Å². The van der Waals surface area contributed by atoms with Crippen LogP contribution in [0.1, 0.15) is 32.4 Å². The molecule has 2 N–H and O–H groups in total. The van der Waals surface area contributed by atoms with Crippen molar-refractivity contribution in [2.75, 3.05) is 18.8 Å². The maximum absolute atomic E-state index is 5.83. The van der Waals surface area contributed by atoms with E-state index in [0.29, 0.717) is 11.7 Å². The lowest BCUT2D eigenvalue weighted by Crippen LogP contribution is -2.36. The number of pyridine rings is 1. The topological polar surface area (TPSA) is 63.7 Å². The van der Waals surface area contributed by atoms with Gasteiger partial charge < -0.3 is 10.5 Å². The molecule has 7 heteroatoms. The van der Waals surface area contributed by atoms with Crippen molar-refractivity contribution >= 4 is 34.3 Å². The highest BCUT2D eigenvalue weighted by molar-refractivity contribution is 8.14. The molecule has 1 aromatic heterocycles. The minimum atomic E-state index is 0.122. The molecule has 1 aliphatic heterocycles. The van der Waals surface area contributed by atoms with Crippen LogP contribution in [0.15, 0.2) is 23.3 Å². The highest BCUT2D eigenvalue weighted by Crippen LogP contribution is 2.26. The lowest BCUT2D eigenvalue weighted by molar-refractivity contribution is 0.237. The van der Waals surface area contributed by atoms with Crippen molar-refractivity contribution < 1.29 is 4.74 Å². The molecule has 1 aromatic rings. The van der Waals surface area contributed by atoms with Crippen molar-refractivity contribution in [2.45, 2.75) is 32.8 Å². The van der Waals surface area contributed by atoms with Gasteiger partial charge in [-0.25, -0.2) is 0 Å². The van der Waals surface area contributed by atoms with Crippen LogP contribution in [0.4, 0.5) is 0 Å². The Labute approximate surface area is 141 Å². The van der Waals surface area contributed by atoms with Gasteiger partial charge in [-0.1, -0.05) is 18.7 Å². The van der Waals surface area contributed by atoms with Crippen molar-refractivity contribution in [2.24, 2.45) is 10.7 Å². The number of rotatable bonds is 5. The van der Waals surface area contributed by atoms with Gasteiger partial charge >= 0.3 is 0 Å². The summed E-state index contributed by atoms with van der Waals surface area (Å²) in [6.45, 7) is 7.59. The number of amidine groups is 1. The number of ether oxygens (including phenoxy) is 1. The molecule has 120 valence electrons. The van der Waals surface area contributed by atoms with Gasteiger partial charge in [0.25, 0.3) is 0 Å². The number of aromatic nitrogens is 1. The monoisotopic (exact) mass is 338 g/mol. The Morgan fingerprint density at radius 2 is 2.32 bits per heavy atom. The van der Waals surface area contributed by atoms with Gasteiger partial charge in [0.1, 0.15) is 5.75 Å². The van der Waals surface area contributed by atoms with Gasteiger partial charge in [-0.2, -0.15) is 0 Å². The molecule has 2 heterocycles. The largest absolute Gasteiger partial charge is 0.489 e. The van der Waals surface area contributed by atoms with E-state index in [1.807, 2.05) is 30.9 Å². The third-order valence-electron chi connectivity index (χ3n) is 3.17. The van der Waals surface area contributed by atoms with Crippen LogP contribution in [0.2, 0.25) is 0 Å². The molecule has 0 radical (unpaired) electrons. The van der Waals surface area contributed by atoms with E-state index in [0.717, 1.165) is 28.9 Å². The summed E-state index contributed by atoms with van der Waals surface area (Å²) >= 11 is 6.74. The first-order valence-corrected chi connectivity index (χ1v) is 8.74. The van der Waals surface area contributed by atoms with Crippen molar-refractivity contribution in [3.63, 3.8) is 0 Å². The minimum absolute atomic E-state index is 0.122. The second kappa shape index (κ2) is 7.78. The number of aliphatic imine (C=N–C) groups is 1. The average molecular weight is 339 g/mol. The third kappa shape index (κ3) is 4.33. The Bertz CT molecular complexity index is 562. The van der Waals surface area contributed by atoms with Crippen LogP contribution in [-0.4, -0.2) is 45.1 Å². The zero-order chi connectivity index (χ0) is 16.1. The minimum Gasteiger partial charge on any atom is -0.489 e. The summed E-state index contributed by atoms with van der Waals surface area (Å²) in [4.78, 5) is 11.0. The van der Waals surface area contributed by atoms with E-state index in [2.05, 4.69) is 16.9 Å². The highest BCUT2D eigenvalue weighted by Gasteiger charge is 2.22. The van der Waals surface area contributed by atoms with E-state index < -0.39 is 0 Å². The average Bonchev–Trinajstić information content (AvgIpc) is 2.93. The summed E-state index contributed by atoms with van der Waals surface area (Å²) in [7, 11) is 0. The van der Waals surface area contributed by atoms with Gasteiger partial charge in [-0.15, -0.1) is 0 Å². The van der Waals surface area contributed by atoms with Crippen molar-refractivity contribution in [3.05, 3.63) is 24.0 Å². The fraction of sp³-hybridized carbons (Fsp3) is 0.533. The van der Waals surface area contributed by atoms with E-state index in [4.69, 9.17) is 22.7 Å². The van der Waals surface area contributed by atoms with Crippen LogP contribution in [-0.2, 0) is 0 Å². The lowest BCUT2D eigenvalue weighted by atomic mass is 10.1. The first kappa shape index (κ1) is 17.0. The van der Waals surface area contributed by atoms with Crippen LogP contribution in [0, 0.1) is 0 Å². The van der Waals surface area contributed by atoms with Crippen LogP contribution in [0.5, 0.6) is 5.75 Å². The number of nitrogens with zero attached hydrogens (tertiary/aromatic N) is 3. The summed E-state index contributed by atoms with van der Waals surface area (Å²) < 4.78 is 5.83. The fourth-order valence-electron chi connectivity index (χ4n) is 2.17. The number of nitrogens with two attached hydrogens (primary N) is 1. The molecule has 0 aliphatic carbocycles. The van der Waals surface area contributed by atoms with Crippen LogP contribution in [0.3, 0.4) is 0 Å². The van der Waals surface area contributed by atoms with E-state index >= 15 is 0 Å². The molecular formula is C15H22N4OS2. The maximum atomic E-state index is 5.83. The Balaban J connectivity index is 2.09. The second-order valence-electron chi connectivity index (χ2n) is 5.42. The molecular weight excluding hydrogens is 316 g/mol. The number of thiocarbonyl (C=S) groups is 1. The molecule has 1 saturated heterocycles. The normalized spacial score (nSPS) is 18.0. The standard InChI is InChI=1S/C15H22N4OS2/c1-10(2)20-12-5-4-6-17-13(12)11(3)9-18-15-19(14(16)21)7-8-22-15/h4-6,10-11H,7-9H2,1-3H3,(H2,16,21). The molecule has 1 aliphatic rings. The molecule has 5 nitrogen and oxygen atoms in total. The molecule has 0 spiro atoms. The van der Waals surface area contributed by atoms with E-state index in [-0.39, 0.29) is 12.0 Å². The summed E-state index contributed by atoms with van der Waals surface area (Å²) in [6.07, 6.45) is 1.91. The molecule has 22 heavy (non-hydrogen) atoms. The van der Waals surface area contributed by atoms with Crippen LogP contribution in [0.25, 0.3) is 0 Å². The molecule has 2 rings (SSSR count). The van der Waals surface area contributed by atoms with Gasteiger partial charge in [-0.05, 0) is 38.2 Å². The van der Waals surface area contributed by atoms with E-state index in [1.54, 1.807) is 18.0 Å². The van der Waals surface area contributed by atoms with Crippen molar-refractivity contribution in [1.29, 1.82) is 0 Å². The lowest BCUT2D eigenvalue weighted by Gasteiger charge is -2.18. The Morgan fingerprint density at radius 3 is 3.00 bits per heavy atom. The Morgan fingerprint density at radius 1 is 1.55 bits per heavy atom. The van der Waals surface area contributed by atoms with Gasteiger partial charge in [0, 0.05) is 24.4 Å². The molecule has 0 bridgehead atoms. The van der Waals surface area contributed by atoms with Gasteiger partial charge in [0.05, 0.1) is 18.3 Å². The maximum Gasteiger partial charge on any atom is 0.172 e. The molecule has 1 unspecified atom stereocenters. The number of thioether (sulfide) groups is 1. The van der Waals surface area contributed by atoms with Crippen LogP contribution >= 0.6 is 24.0 Å². The zero-order valence-corrected chi connectivity index (χ0v) is 14.8. The molecule has 0 aromatic carbocycles. The first-order valence-electron chi connectivity index (χ1n) is 7.34. The predicted molar refractivity (Wildman–Crippen MR) is 96.7 cm³/mol. The Kier molecular flexibility index (Phi) is 6.02. The van der Waals surface area contributed by atoms with Gasteiger partial charge in [0.15, 0.2) is 10.3 Å². The van der Waals surface area contributed by atoms with Gasteiger partial charge in [0.2, 0.25) is 0 Å². The van der Waals surface area contributed by atoms with E-state index in [1.165, 1.54) is 0 Å². The first-order chi connectivity index (χ1) is 10.5. The second-order valence-corrected chi connectivity index (χ2v) is 6.90. The molecule has 1 atom stereocenters. The predicted octanol–water partition coefficient (Wildman–Crippen LogP) is 2.62. The summed E-state index contributed by atoms with van der Waals surface area (Å²) in [5, 5.41) is 1.29. The summed E-state index contributed by atoms with van der Waals surface area (Å²) in [6, 6.07) is 3.85. The smallest absolute Gasteiger partial charge is 0.172 e. The molecule has 1 fully saturated rings. The summed E-state index contributed by atoms with van der Waals surface area (Å²) in [5.41, 5.74) is 6.65. The SMILES string of the molecule is CC(C)Oc1cccnc1C(C)CN=C1SCCN1C(N)=S. The highest BCUT2D eigenvalue weighted by atomic mass is 32.2. The van der Waals surface area contributed by atoms with Crippen LogP contribution < -0.4 is 10.5 Å². The van der Waals surface area contributed by atoms with Crippen molar-refractivity contribution in [3.8, 4) is 5.75 Å². The summed E-state index contributed by atoms with van der Waals surface area (Å²) in [5.74, 6) is 1.96. The van der Waals surface area contributed by atoms with E-state index in [9.17, 15) is 0 Å². The fourth-order valence-corrected chi connectivity index (χ4v) is 3.37. The number of hydrogen-bond donors (Lipinski definition) is 1. The quantitative estimate of drug-likeness (QED) is 0.833. The molecule has 0 saturated carbocycles. The third-order valence-corrected chi connectivity index (χ3v) is 4.39. The zero-order valence-electron chi connectivity index (χ0n) is 13.2. The number of hydrogen-bond acceptors (Lipinski definition) is 5. The molecule has 0 amide bonds. The Hall–Kier alpha value is -1.34. The van der Waals surface area contributed by atoms with Gasteiger partial charge in [-0.3, -0.25) is 14.9 Å².